The lowest BCUT2D eigenvalue weighted by Crippen LogP contribution is -2.13. The smallest absolute Gasteiger partial charge is 0.273 e. The summed E-state index contributed by atoms with van der Waals surface area (Å²) in [6.45, 7) is 0. The van der Waals surface area contributed by atoms with Crippen LogP contribution in [0.15, 0.2) is 47.4 Å². The number of aromatic amines is 1. The molecule has 0 aliphatic carbocycles. The summed E-state index contributed by atoms with van der Waals surface area (Å²) in [5.74, 6) is 0. The van der Waals surface area contributed by atoms with Crippen LogP contribution in [-0.4, -0.2) is 14.6 Å². The molecule has 5 heteroatoms. The van der Waals surface area contributed by atoms with Crippen molar-refractivity contribution < 1.29 is 0 Å². The fraction of sp³-hybridized carbons (Fsp3) is 0. The summed E-state index contributed by atoms with van der Waals surface area (Å²) in [6.07, 6.45) is 1.66. The molecule has 3 rings (SSSR count). The van der Waals surface area contributed by atoms with Crippen molar-refractivity contribution in [3.05, 3.63) is 58.5 Å². The minimum absolute atomic E-state index is 0.163. The first-order chi connectivity index (χ1) is 8.78. The van der Waals surface area contributed by atoms with Gasteiger partial charge in [0.2, 0.25) is 0 Å². The van der Waals surface area contributed by atoms with Crippen LogP contribution in [0.4, 0.5) is 0 Å². The van der Waals surface area contributed by atoms with Crippen molar-refractivity contribution in [2.45, 2.75) is 0 Å². The van der Waals surface area contributed by atoms with Crippen LogP contribution in [0, 0.1) is 11.3 Å². The highest BCUT2D eigenvalue weighted by Gasteiger charge is 2.05. The average Bonchev–Trinajstić information content (AvgIpc) is 2.88. The van der Waals surface area contributed by atoms with Crippen molar-refractivity contribution in [2.75, 3.05) is 0 Å². The standard InChI is InChI=1S/C13H8N4O/c14-8-9-1-3-10(4-2-9)11-7-13(18)17-12(16-11)5-6-15-17/h1-7,15H. The van der Waals surface area contributed by atoms with E-state index >= 15 is 0 Å². The van der Waals surface area contributed by atoms with Gasteiger partial charge in [-0.15, -0.1) is 0 Å². The summed E-state index contributed by atoms with van der Waals surface area (Å²) in [7, 11) is 0. The van der Waals surface area contributed by atoms with Gasteiger partial charge < -0.3 is 0 Å². The van der Waals surface area contributed by atoms with Gasteiger partial charge in [-0.2, -0.15) is 5.26 Å². The summed E-state index contributed by atoms with van der Waals surface area (Å²) in [5, 5.41) is 11.5. The van der Waals surface area contributed by atoms with Crippen LogP contribution in [0.1, 0.15) is 5.56 Å². The molecule has 0 unspecified atom stereocenters. The Morgan fingerprint density at radius 3 is 2.72 bits per heavy atom. The molecule has 0 radical (unpaired) electrons. The fourth-order valence-corrected chi connectivity index (χ4v) is 1.79. The van der Waals surface area contributed by atoms with Crippen LogP contribution in [0.5, 0.6) is 0 Å². The first-order valence-electron chi connectivity index (χ1n) is 5.36. The first kappa shape index (κ1) is 10.3. The zero-order valence-corrected chi connectivity index (χ0v) is 9.29. The molecule has 0 aliphatic heterocycles. The van der Waals surface area contributed by atoms with Gasteiger partial charge in [0.25, 0.3) is 5.56 Å². The van der Waals surface area contributed by atoms with Crippen molar-refractivity contribution in [2.24, 2.45) is 0 Å². The Hall–Kier alpha value is -2.87. The predicted molar refractivity (Wildman–Crippen MR) is 66.0 cm³/mol. The van der Waals surface area contributed by atoms with E-state index in [9.17, 15) is 4.79 Å². The number of nitrogens with zero attached hydrogens (tertiary/aromatic N) is 3. The first-order valence-corrected chi connectivity index (χ1v) is 5.36. The number of aromatic nitrogens is 3. The number of fused-ring (bicyclic) bond motifs is 1. The Kier molecular flexibility index (Phi) is 2.21. The van der Waals surface area contributed by atoms with Gasteiger partial charge in [0.15, 0.2) is 5.65 Å². The Morgan fingerprint density at radius 1 is 1.22 bits per heavy atom. The number of hydrogen-bond donors (Lipinski definition) is 1. The maximum absolute atomic E-state index is 11.8. The van der Waals surface area contributed by atoms with Crippen LogP contribution in [-0.2, 0) is 0 Å². The van der Waals surface area contributed by atoms with Gasteiger partial charge in [0.1, 0.15) is 0 Å². The SMILES string of the molecule is N#Cc1ccc(-c2cc(=O)n3[nH]ccc3n2)cc1. The van der Waals surface area contributed by atoms with Gasteiger partial charge in [0.05, 0.1) is 17.3 Å². The lowest BCUT2D eigenvalue weighted by Gasteiger charge is -2.01. The third kappa shape index (κ3) is 1.57. The Bertz CT molecular complexity index is 805. The highest BCUT2D eigenvalue weighted by molar-refractivity contribution is 5.62. The van der Waals surface area contributed by atoms with Gasteiger partial charge in [0, 0.05) is 23.9 Å². The molecule has 0 amide bonds. The molecule has 86 valence electrons. The molecule has 0 fully saturated rings. The highest BCUT2D eigenvalue weighted by atomic mass is 16.1. The third-order valence-corrected chi connectivity index (χ3v) is 2.69. The maximum atomic E-state index is 11.8. The average molecular weight is 236 g/mol. The molecule has 0 saturated carbocycles. The van der Waals surface area contributed by atoms with Gasteiger partial charge in [-0.25, -0.2) is 9.50 Å². The molecule has 0 bridgehead atoms. The van der Waals surface area contributed by atoms with Crippen molar-refractivity contribution >= 4 is 5.65 Å². The van der Waals surface area contributed by atoms with Gasteiger partial charge in [-0.3, -0.25) is 9.89 Å². The van der Waals surface area contributed by atoms with E-state index in [1.54, 1.807) is 36.5 Å². The van der Waals surface area contributed by atoms with E-state index in [2.05, 4.69) is 16.2 Å². The molecule has 0 aliphatic rings. The van der Waals surface area contributed by atoms with Crippen LogP contribution in [0.25, 0.3) is 16.9 Å². The monoisotopic (exact) mass is 236 g/mol. The molecule has 3 aromatic rings. The molecular formula is C13H8N4O. The summed E-state index contributed by atoms with van der Waals surface area (Å²) in [4.78, 5) is 16.2. The summed E-state index contributed by atoms with van der Waals surface area (Å²) < 4.78 is 1.37. The number of nitriles is 1. The number of benzene rings is 1. The Morgan fingerprint density at radius 2 is 2.00 bits per heavy atom. The minimum Gasteiger partial charge on any atom is -0.297 e. The number of H-pyrrole nitrogens is 1. The molecule has 0 atom stereocenters. The second kappa shape index (κ2) is 3.86. The zero-order valence-electron chi connectivity index (χ0n) is 9.29. The molecule has 1 aromatic carbocycles. The van der Waals surface area contributed by atoms with Crippen molar-refractivity contribution in [3.8, 4) is 17.3 Å². The van der Waals surface area contributed by atoms with Gasteiger partial charge >= 0.3 is 0 Å². The summed E-state index contributed by atoms with van der Waals surface area (Å²) in [5.41, 5.74) is 2.41. The molecule has 2 aromatic heterocycles. The Balaban J connectivity index is 2.19. The fourth-order valence-electron chi connectivity index (χ4n) is 1.79. The second-order valence-electron chi connectivity index (χ2n) is 3.82. The van der Waals surface area contributed by atoms with E-state index in [0.29, 0.717) is 16.9 Å². The van der Waals surface area contributed by atoms with Crippen molar-refractivity contribution in [3.63, 3.8) is 0 Å². The number of hydrogen-bond acceptors (Lipinski definition) is 3. The summed E-state index contributed by atoms with van der Waals surface area (Å²) >= 11 is 0. The molecule has 18 heavy (non-hydrogen) atoms. The Labute approximate surface area is 102 Å². The zero-order chi connectivity index (χ0) is 12.5. The minimum atomic E-state index is -0.163. The van der Waals surface area contributed by atoms with Gasteiger partial charge in [-0.05, 0) is 12.1 Å². The lowest BCUT2D eigenvalue weighted by molar-refractivity contribution is 0.901. The predicted octanol–water partition coefficient (Wildman–Crippen LogP) is 1.56. The van der Waals surface area contributed by atoms with E-state index in [0.717, 1.165) is 5.56 Å². The van der Waals surface area contributed by atoms with E-state index in [-0.39, 0.29) is 5.56 Å². The van der Waals surface area contributed by atoms with Crippen LogP contribution in [0.2, 0.25) is 0 Å². The maximum Gasteiger partial charge on any atom is 0.273 e. The largest absolute Gasteiger partial charge is 0.297 e. The van der Waals surface area contributed by atoms with Crippen molar-refractivity contribution in [1.82, 2.24) is 14.6 Å². The molecule has 2 heterocycles. The lowest BCUT2D eigenvalue weighted by atomic mass is 10.1. The van der Waals surface area contributed by atoms with E-state index in [1.807, 2.05) is 0 Å². The van der Waals surface area contributed by atoms with E-state index in [1.165, 1.54) is 10.6 Å². The second-order valence-corrected chi connectivity index (χ2v) is 3.82. The molecule has 5 nitrogen and oxygen atoms in total. The summed E-state index contributed by atoms with van der Waals surface area (Å²) in [6, 6.07) is 12.2. The molecule has 0 saturated heterocycles. The normalized spacial score (nSPS) is 10.4. The molecule has 1 N–H and O–H groups in total. The van der Waals surface area contributed by atoms with E-state index in [4.69, 9.17) is 5.26 Å². The quantitative estimate of drug-likeness (QED) is 0.696. The van der Waals surface area contributed by atoms with E-state index < -0.39 is 0 Å². The molecule has 0 spiro atoms. The number of rotatable bonds is 1. The topological polar surface area (TPSA) is 73.9 Å². The third-order valence-electron chi connectivity index (χ3n) is 2.69. The van der Waals surface area contributed by atoms with Crippen LogP contribution in [0.3, 0.4) is 0 Å². The van der Waals surface area contributed by atoms with Crippen LogP contribution >= 0.6 is 0 Å². The molecular weight excluding hydrogens is 228 g/mol. The number of nitrogens with one attached hydrogen (secondary N) is 1. The van der Waals surface area contributed by atoms with Gasteiger partial charge in [-0.1, -0.05) is 12.1 Å². The van der Waals surface area contributed by atoms with Crippen LogP contribution < -0.4 is 5.56 Å². The highest BCUT2D eigenvalue weighted by Crippen LogP contribution is 2.16. The van der Waals surface area contributed by atoms with Crippen molar-refractivity contribution in [1.29, 1.82) is 5.26 Å².